The molecule has 1 heterocycles. The molecule has 20 heavy (non-hydrogen) atoms. The molecule has 3 rings (SSSR count). The van der Waals surface area contributed by atoms with Gasteiger partial charge in [0.15, 0.2) is 11.3 Å². The van der Waals surface area contributed by atoms with Gasteiger partial charge in [-0.3, -0.25) is 4.79 Å². The lowest BCUT2D eigenvalue weighted by Crippen LogP contribution is -2.03. The van der Waals surface area contributed by atoms with Crippen LogP contribution in [0.4, 0.5) is 0 Å². The summed E-state index contributed by atoms with van der Waals surface area (Å²) in [7, 11) is 1.40. The first-order valence-electron chi connectivity index (χ1n) is 5.71. The average molecular weight is 274 g/mol. The van der Waals surface area contributed by atoms with Crippen LogP contribution < -0.4 is 10.2 Å². The highest BCUT2D eigenvalue weighted by molar-refractivity contribution is 5.98. The summed E-state index contributed by atoms with van der Waals surface area (Å²) in [5, 5.41) is 28.9. The SMILES string of the molecule is COc1ccc(O)c2c(=O)c3c(O)cc(O)cc3oc12. The lowest BCUT2D eigenvalue weighted by atomic mass is 10.1. The van der Waals surface area contributed by atoms with Gasteiger partial charge in [-0.15, -0.1) is 0 Å². The second-order valence-corrected chi connectivity index (χ2v) is 4.26. The van der Waals surface area contributed by atoms with E-state index in [1.54, 1.807) is 0 Å². The Labute approximate surface area is 112 Å². The predicted molar refractivity (Wildman–Crippen MR) is 71.5 cm³/mol. The molecule has 0 aliphatic rings. The minimum atomic E-state index is -0.602. The van der Waals surface area contributed by atoms with Gasteiger partial charge in [-0.2, -0.15) is 0 Å². The van der Waals surface area contributed by atoms with E-state index in [-0.39, 0.29) is 39.2 Å². The second-order valence-electron chi connectivity index (χ2n) is 4.26. The maximum Gasteiger partial charge on any atom is 0.208 e. The van der Waals surface area contributed by atoms with Gasteiger partial charge in [0.05, 0.1) is 7.11 Å². The monoisotopic (exact) mass is 274 g/mol. The first kappa shape index (κ1) is 12.2. The molecule has 0 aliphatic carbocycles. The Kier molecular flexibility index (Phi) is 2.47. The summed E-state index contributed by atoms with van der Waals surface area (Å²) in [6, 6.07) is 5.00. The van der Waals surface area contributed by atoms with Crippen molar-refractivity contribution in [2.75, 3.05) is 7.11 Å². The minimum absolute atomic E-state index is 0.00361. The molecule has 0 amide bonds. The van der Waals surface area contributed by atoms with Gasteiger partial charge in [0.1, 0.15) is 33.6 Å². The first-order valence-corrected chi connectivity index (χ1v) is 5.71. The van der Waals surface area contributed by atoms with Gasteiger partial charge >= 0.3 is 0 Å². The molecule has 6 nitrogen and oxygen atoms in total. The second kappa shape index (κ2) is 4.06. The van der Waals surface area contributed by atoms with Gasteiger partial charge in [0, 0.05) is 12.1 Å². The molecule has 0 aliphatic heterocycles. The molecule has 102 valence electrons. The molecule has 3 N–H and O–H groups in total. The van der Waals surface area contributed by atoms with Crippen molar-refractivity contribution in [2.45, 2.75) is 0 Å². The zero-order valence-corrected chi connectivity index (χ0v) is 10.4. The van der Waals surface area contributed by atoms with Crippen molar-refractivity contribution in [1.29, 1.82) is 0 Å². The number of hydrogen-bond acceptors (Lipinski definition) is 6. The van der Waals surface area contributed by atoms with Crippen LogP contribution in [0.25, 0.3) is 21.9 Å². The molecule has 3 aromatic rings. The summed E-state index contributed by atoms with van der Waals surface area (Å²) in [6.45, 7) is 0. The van der Waals surface area contributed by atoms with Crippen LogP contribution in [0.5, 0.6) is 23.0 Å². The van der Waals surface area contributed by atoms with Crippen molar-refractivity contribution in [2.24, 2.45) is 0 Å². The Morgan fingerprint density at radius 1 is 1.05 bits per heavy atom. The standard InChI is InChI=1S/C14H10O6/c1-19-9-3-2-7(16)12-13(18)11-8(17)4-6(15)5-10(11)20-14(9)12/h2-5,15-17H,1H3. The van der Waals surface area contributed by atoms with Crippen LogP contribution in [0, 0.1) is 0 Å². The van der Waals surface area contributed by atoms with Crippen molar-refractivity contribution in [3.63, 3.8) is 0 Å². The van der Waals surface area contributed by atoms with E-state index in [9.17, 15) is 20.1 Å². The van der Waals surface area contributed by atoms with E-state index in [1.807, 2.05) is 0 Å². The molecule has 0 radical (unpaired) electrons. The van der Waals surface area contributed by atoms with Gasteiger partial charge in [0.2, 0.25) is 5.43 Å². The molecule has 0 saturated heterocycles. The Hall–Kier alpha value is -2.89. The molecular formula is C14H10O6. The number of benzene rings is 2. The minimum Gasteiger partial charge on any atom is -0.508 e. The Morgan fingerprint density at radius 2 is 1.80 bits per heavy atom. The fraction of sp³-hybridized carbons (Fsp3) is 0.0714. The summed E-state index contributed by atoms with van der Waals surface area (Å²) in [5.74, 6) is -0.668. The van der Waals surface area contributed by atoms with E-state index in [0.29, 0.717) is 0 Å². The van der Waals surface area contributed by atoms with E-state index in [0.717, 1.165) is 6.07 Å². The third kappa shape index (κ3) is 1.55. The Bertz CT molecular complexity index is 894. The molecule has 6 heteroatoms. The van der Waals surface area contributed by atoms with Crippen molar-refractivity contribution in [1.82, 2.24) is 0 Å². The lowest BCUT2D eigenvalue weighted by molar-refractivity contribution is 0.409. The normalized spacial score (nSPS) is 11.1. The van der Waals surface area contributed by atoms with Gasteiger partial charge in [-0.1, -0.05) is 0 Å². The number of rotatable bonds is 1. The first-order chi connectivity index (χ1) is 9.52. The highest BCUT2D eigenvalue weighted by atomic mass is 16.5. The van der Waals surface area contributed by atoms with E-state index in [1.165, 1.54) is 25.3 Å². The predicted octanol–water partition coefficient (Wildman–Crippen LogP) is 2.07. The number of phenols is 3. The fourth-order valence-electron chi connectivity index (χ4n) is 2.16. The molecule has 0 bridgehead atoms. The summed E-state index contributed by atoms with van der Waals surface area (Å²) in [6.07, 6.45) is 0. The number of hydrogen-bond donors (Lipinski definition) is 3. The molecule has 1 aromatic heterocycles. The maximum absolute atomic E-state index is 12.4. The molecule has 2 aromatic carbocycles. The quantitative estimate of drug-likeness (QED) is 0.587. The highest BCUT2D eigenvalue weighted by Crippen LogP contribution is 2.35. The molecule has 0 unspecified atom stereocenters. The Balaban J connectivity index is 2.64. The number of aromatic hydroxyl groups is 3. The number of fused-ring (bicyclic) bond motifs is 2. The molecule has 0 fully saturated rings. The van der Waals surface area contributed by atoms with Crippen LogP contribution in [0.3, 0.4) is 0 Å². The molecule has 0 atom stereocenters. The Morgan fingerprint density at radius 3 is 2.50 bits per heavy atom. The van der Waals surface area contributed by atoms with E-state index < -0.39 is 11.2 Å². The van der Waals surface area contributed by atoms with Crippen LogP contribution >= 0.6 is 0 Å². The van der Waals surface area contributed by atoms with Crippen LogP contribution in [-0.2, 0) is 0 Å². The van der Waals surface area contributed by atoms with Gasteiger partial charge in [-0.25, -0.2) is 0 Å². The van der Waals surface area contributed by atoms with E-state index in [4.69, 9.17) is 9.15 Å². The van der Waals surface area contributed by atoms with E-state index >= 15 is 0 Å². The van der Waals surface area contributed by atoms with Crippen molar-refractivity contribution in [3.8, 4) is 23.0 Å². The summed E-state index contributed by atoms with van der Waals surface area (Å²) >= 11 is 0. The average Bonchev–Trinajstić information content (AvgIpc) is 2.37. The summed E-state index contributed by atoms with van der Waals surface area (Å²) in [5.41, 5.74) is -0.547. The van der Waals surface area contributed by atoms with Crippen LogP contribution in [0.2, 0.25) is 0 Å². The van der Waals surface area contributed by atoms with Crippen LogP contribution in [-0.4, -0.2) is 22.4 Å². The zero-order valence-electron chi connectivity index (χ0n) is 10.4. The molecule has 0 saturated carbocycles. The van der Waals surface area contributed by atoms with E-state index in [2.05, 4.69) is 0 Å². The zero-order chi connectivity index (χ0) is 14.4. The number of phenolic OH excluding ortho intramolecular Hbond substituents is 3. The third-order valence-corrected chi connectivity index (χ3v) is 3.05. The third-order valence-electron chi connectivity index (χ3n) is 3.05. The van der Waals surface area contributed by atoms with Crippen molar-refractivity contribution >= 4 is 21.9 Å². The van der Waals surface area contributed by atoms with Gasteiger partial charge in [-0.05, 0) is 12.1 Å². The maximum atomic E-state index is 12.4. The summed E-state index contributed by atoms with van der Waals surface area (Å²) in [4.78, 5) is 12.4. The van der Waals surface area contributed by atoms with Gasteiger partial charge < -0.3 is 24.5 Å². The highest BCUT2D eigenvalue weighted by Gasteiger charge is 2.18. The topological polar surface area (TPSA) is 100 Å². The van der Waals surface area contributed by atoms with Crippen LogP contribution in [0.15, 0.2) is 33.5 Å². The van der Waals surface area contributed by atoms with Gasteiger partial charge in [0.25, 0.3) is 0 Å². The van der Waals surface area contributed by atoms with Crippen molar-refractivity contribution in [3.05, 3.63) is 34.5 Å². The molecule has 0 spiro atoms. The summed E-state index contributed by atoms with van der Waals surface area (Å²) < 4.78 is 10.6. The van der Waals surface area contributed by atoms with Crippen LogP contribution in [0.1, 0.15) is 0 Å². The number of methoxy groups -OCH3 is 1. The fourth-order valence-corrected chi connectivity index (χ4v) is 2.16. The largest absolute Gasteiger partial charge is 0.508 e. The van der Waals surface area contributed by atoms with Crippen molar-refractivity contribution < 1.29 is 24.5 Å². The lowest BCUT2D eigenvalue weighted by Gasteiger charge is -2.08. The molecular weight excluding hydrogens is 264 g/mol. The number of ether oxygens (including phenoxy) is 1. The smallest absolute Gasteiger partial charge is 0.208 e.